The molecule has 1 N–H and O–H groups in total. The summed E-state index contributed by atoms with van der Waals surface area (Å²) in [4.78, 5) is 11.9. The molecule has 0 saturated carbocycles. The van der Waals surface area contributed by atoms with Crippen LogP contribution >= 0.6 is 11.3 Å². The van der Waals surface area contributed by atoms with Crippen LogP contribution in [0.4, 0.5) is 5.95 Å². The van der Waals surface area contributed by atoms with Gasteiger partial charge in [-0.15, -0.1) is 11.3 Å². The van der Waals surface area contributed by atoms with Crippen molar-refractivity contribution in [3.05, 3.63) is 59.7 Å². The summed E-state index contributed by atoms with van der Waals surface area (Å²) in [5.41, 5.74) is 5.34. The molecule has 0 aliphatic carbocycles. The van der Waals surface area contributed by atoms with Crippen LogP contribution in [0, 0.1) is 0 Å². The Balaban J connectivity index is 1.90. The van der Waals surface area contributed by atoms with Crippen molar-refractivity contribution >= 4 is 33.2 Å². The maximum Gasteiger partial charge on any atom is 0.224 e. The molecule has 1 atom stereocenters. The fourth-order valence-electron chi connectivity index (χ4n) is 3.50. The molecule has 3 rings (SSSR count). The zero-order valence-corrected chi connectivity index (χ0v) is 18.0. The van der Waals surface area contributed by atoms with Gasteiger partial charge in [-0.3, -0.25) is 0 Å². The van der Waals surface area contributed by atoms with Crippen molar-refractivity contribution in [3.63, 3.8) is 0 Å². The van der Waals surface area contributed by atoms with Gasteiger partial charge < -0.3 is 10.2 Å². The van der Waals surface area contributed by atoms with Crippen LogP contribution in [-0.4, -0.2) is 34.0 Å². The van der Waals surface area contributed by atoms with Gasteiger partial charge in [0.05, 0.1) is 22.0 Å². The van der Waals surface area contributed by atoms with Crippen LogP contribution in [0.25, 0.3) is 15.9 Å². The second-order valence-electron chi connectivity index (χ2n) is 7.10. The van der Waals surface area contributed by atoms with E-state index in [4.69, 9.17) is 9.97 Å². The first-order valence-electron chi connectivity index (χ1n) is 10.0. The highest BCUT2D eigenvalue weighted by atomic mass is 32.1. The zero-order valence-electron chi connectivity index (χ0n) is 17.2. The minimum Gasteiger partial charge on any atom is -0.370 e. The lowest BCUT2D eigenvalue weighted by molar-refractivity contribution is 0.493. The fourth-order valence-corrected chi connectivity index (χ4v) is 4.34. The average molecular weight is 395 g/mol. The first kappa shape index (κ1) is 20.3. The molecule has 1 aliphatic heterocycles. The second kappa shape index (κ2) is 9.20. The summed E-state index contributed by atoms with van der Waals surface area (Å²) in [6.07, 6.45) is 9.68. The van der Waals surface area contributed by atoms with Crippen molar-refractivity contribution in [2.75, 3.05) is 18.4 Å². The summed E-state index contributed by atoms with van der Waals surface area (Å²) in [6.45, 7) is 16.8. The lowest BCUT2D eigenvalue weighted by atomic mass is 10.0. The van der Waals surface area contributed by atoms with Crippen LogP contribution in [0.2, 0.25) is 0 Å². The second-order valence-corrected chi connectivity index (χ2v) is 8.02. The number of likely N-dealkylation sites (tertiary alicyclic amines) is 1. The van der Waals surface area contributed by atoms with Gasteiger partial charge in [0.2, 0.25) is 5.95 Å². The van der Waals surface area contributed by atoms with E-state index in [0.717, 1.165) is 46.7 Å². The molecule has 1 unspecified atom stereocenters. The normalized spacial score (nSPS) is 16.5. The molecular weight excluding hydrogens is 364 g/mol. The van der Waals surface area contributed by atoms with E-state index in [1.165, 1.54) is 18.4 Å². The average Bonchev–Trinajstić information content (AvgIpc) is 3.39. The third-order valence-corrected chi connectivity index (χ3v) is 6.19. The standard InChI is InChI=1S/C23H30N4S/c1-6-18(7-2)15-19(8-3)16(4)24-23-25-20-11-14-28-22(20)21(26-23)17(5)27-12-9-10-13-27/h6,8,11,14-16H,3,5,7,9-10,12-13H2,1-2,4H3,(H,24,25,26)/b18-6-,19-15+. The van der Waals surface area contributed by atoms with Gasteiger partial charge in [0, 0.05) is 13.1 Å². The third kappa shape index (κ3) is 4.36. The number of rotatable bonds is 8. The molecule has 1 saturated heterocycles. The van der Waals surface area contributed by atoms with E-state index >= 15 is 0 Å². The maximum absolute atomic E-state index is 4.86. The number of fused-ring (bicyclic) bond motifs is 1. The van der Waals surface area contributed by atoms with Crippen molar-refractivity contribution in [1.82, 2.24) is 14.9 Å². The lowest BCUT2D eigenvalue weighted by Crippen LogP contribution is -2.21. The number of nitrogens with one attached hydrogen (secondary N) is 1. The van der Waals surface area contributed by atoms with Gasteiger partial charge in [0.25, 0.3) is 0 Å². The number of thiophene rings is 1. The summed E-state index contributed by atoms with van der Waals surface area (Å²) in [7, 11) is 0. The molecule has 5 heteroatoms. The molecule has 4 nitrogen and oxygen atoms in total. The Labute approximate surface area is 172 Å². The molecule has 0 amide bonds. The molecule has 0 spiro atoms. The number of nitrogens with zero attached hydrogens (tertiary/aromatic N) is 3. The van der Waals surface area contributed by atoms with Crippen LogP contribution in [0.5, 0.6) is 0 Å². The Morgan fingerprint density at radius 1 is 1.36 bits per heavy atom. The highest BCUT2D eigenvalue weighted by molar-refractivity contribution is 7.17. The Hall–Kier alpha value is -2.40. The van der Waals surface area contributed by atoms with Gasteiger partial charge in [-0.2, -0.15) is 0 Å². The van der Waals surface area contributed by atoms with E-state index in [2.05, 4.69) is 67.7 Å². The summed E-state index contributed by atoms with van der Waals surface area (Å²) in [6, 6.07) is 2.11. The molecule has 0 aromatic carbocycles. The van der Waals surface area contributed by atoms with Gasteiger partial charge in [-0.05, 0) is 50.1 Å². The van der Waals surface area contributed by atoms with E-state index in [1.54, 1.807) is 11.3 Å². The van der Waals surface area contributed by atoms with Crippen molar-refractivity contribution in [1.29, 1.82) is 0 Å². The van der Waals surface area contributed by atoms with Crippen LogP contribution in [-0.2, 0) is 0 Å². The summed E-state index contributed by atoms with van der Waals surface area (Å²) in [5.74, 6) is 0.639. The monoisotopic (exact) mass is 394 g/mol. The van der Waals surface area contributed by atoms with Gasteiger partial charge in [-0.1, -0.05) is 43.9 Å². The summed E-state index contributed by atoms with van der Waals surface area (Å²) >= 11 is 1.68. The van der Waals surface area contributed by atoms with Crippen LogP contribution in [0.1, 0.15) is 45.7 Å². The Kier molecular flexibility index (Phi) is 6.68. The quantitative estimate of drug-likeness (QED) is 0.555. The van der Waals surface area contributed by atoms with E-state index in [9.17, 15) is 0 Å². The molecule has 0 radical (unpaired) electrons. The first-order chi connectivity index (χ1) is 13.6. The molecule has 2 aromatic rings. The van der Waals surface area contributed by atoms with Crippen LogP contribution in [0.3, 0.4) is 0 Å². The molecule has 2 aromatic heterocycles. The lowest BCUT2D eigenvalue weighted by Gasteiger charge is -2.21. The van der Waals surface area contributed by atoms with Crippen LogP contribution < -0.4 is 5.32 Å². The predicted molar refractivity (Wildman–Crippen MR) is 123 cm³/mol. The number of hydrogen-bond donors (Lipinski definition) is 1. The first-order valence-corrected chi connectivity index (χ1v) is 10.9. The van der Waals surface area contributed by atoms with Crippen molar-refractivity contribution in [3.8, 4) is 0 Å². The molecule has 1 fully saturated rings. The maximum atomic E-state index is 4.86. The Bertz CT molecular complexity index is 916. The van der Waals surface area contributed by atoms with Gasteiger partial charge in [0.1, 0.15) is 5.69 Å². The highest BCUT2D eigenvalue weighted by Crippen LogP contribution is 2.31. The summed E-state index contributed by atoms with van der Waals surface area (Å²) < 4.78 is 1.11. The zero-order chi connectivity index (χ0) is 20.1. The van der Waals surface area contributed by atoms with E-state index < -0.39 is 0 Å². The molecule has 1 aliphatic rings. The van der Waals surface area contributed by atoms with E-state index in [0.29, 0.717) is 5.95 Å². The molecule has 0 bridgehead atoms. The van der Waals surface area contributed by atoms with Crippen LogP contribution in [0.15, 0.2) is 54.0 Å². The van der Waals surface area contributed by atoms with Crippen molar-refractivity contribution < 1.29 is 0 Å². The predicted octanol–water partition coefficient (Wildman–Crippen LogP) is 6.03. The van der Waals surface area contributed by atoms with Gasteiger partial charge in [0.15, 0.2) is 0 Å². The van der Waals surface area contributed by atoms with Crippen molar-refractivity contribution in [2.45, 2.75) is 46.1 Å². The Morgan fingerprint density at radius 3 is 2.75 bits per heavy atom. The molecular formula is C23H30N4S. The third-order valence-electron chi connectivity index (χ3n) is 5.28. The topological polar surface area (TPSA) is 41.1 Å². The number of aromatic nitrogens is 2. The number of anilines is 1. The Morgan fingerprint density at radius 2 is 2.11 bits per heavy atom. The highest BCUT2D eigenvalue weighted by Gasteiger charge is 2.20. The molecule has 148 valence electrons. The van der Waals surface area contributed by atoms with Gasteiger partial charge >= 0.3 is 0 Å². The van der Waals surface area contributed by atoms with E-state index in [-0.39, 0.29) is 6.04 Å². The SMILES string of the molecule is C=C/C(=C\C(=C/C)CC)C(C)Nc1nc(C(=C)N2CCCC2)c2sccc2n1. The number of hydrogen-bond acceptors (Lipinski definition) is 5. The number of allylic oxidation sites excluding steroid dienone is 3. The summed E-state index contributed by atoms with van der Waals surface area (Å²) in [5, 5.41) is 5.54. The fraction of sp³-hybridized carbons (Fsp3) is 0.391. The largest absolute Gasteiger partial charge is 0.370 e. The smallest absolute Gasteiger partial charge is 0.224 e. The van der Waals surface area contributed by atoms with Gasteiger partial charge in [-0.25, -0.2) is 9.97 Å². The molecule has 28 heavy (non-hydrogen) atoms. The van der Waals surface area contributed by atoms with E-state index in [1.807, 2.05) is 6.08 Å². The molecule has 3 heterocycles. The van der Waals surface area contributed by atoms with Crippen molar-refractivity contribution in [2.24, 2.45) is 0 Å². The minimum atomic E-state index is 0.0583. The minimum absolute atomic E-state index is 0.0583.